The first-order chi connectivity index (χ1) is 12.8. The van der Waals surface area contributed by atoms with Gasteiger partial charge in [-0.2, -0.15) is 0 Å². The Morgan fingerprint density at radius 3 is 2.78 bits per heavy atom. The number of carbonyl (C=O) groups excluding carboxylic acids is 1. The van der Waals surface area contributed by atoms with E-state index in [1.165, 1.54) is 39.3 Å². The summed E-state index contributed by atoms with van der Waals surface area (Å²) in [5, 5.41) is 11.4. The van der Waals surface area contributed by atoms with E-state index in [-0.39, 0.29) is 28.4 Å². The smallest absolute Gasteiger partial charge is 0.305 e. The molecule has 0 aromatic heterocycles. The van der Waals surface area contributed by atoms with Crippen molar-refractivity contribution < 1.29 is 14.6 Å². The SMILES string of the molecule is COC(=O)CCC12C3C(C(C)C)CCC1(C)C1CC(O)C4(CCCC42)N3C1. The lowest BCUT2D eigenvalue weighted by Crippen LogP contribution is -2.70. The van der Waals surface area contributed by atoms with Gasteiger partial charge in [0, 0.05) is 19.0 Å². The molecule has 3 saturated heterocycles. The van der Waals surface area contributed by atoms with E-state index in [1.54, 1.807) is 0 Å². The molecule has 4 heteroatoms. The van der Waals surface area contributed by atoms with Gasteiger partial charge < -0.3 is 9.84 Å². The molecule has 2 saturated carbocycles. The molecule has 3 aliphatic heterocycles. The zero-order valence-electron chi connectivity index (χ0n) is 17.5. The second-order valence-electron chi connectivity index (χ2n) is 11.0. The van der Waals surface area contributed by atoms with E-state index in [0.717, 1.165) is 19.3 Å². The van der Waals surface area contributed by atoms with Crippen LogP contribution in [0.15, 0.2) is 0 Å². The van der Waals surface area contributed by atoms with Crippen LogP contribution in [0.2, 0.25) is 0 Å². The lowest BCUT2D eigenvalue weighted by molar-refractivity contribution is -0.198. The number of carbonyl (C=O) groups is 1. The molecule has 5 fully saturated rings. The summed E-state index contributed by atoms with van der Waals surface area (Å²) in [5.41, 5.74) is 0.416. The number of piperidine rings is 2. The minimum Gasteiger partial charge on any atom is -0.469 e. The Balaban J connectivity index is 1.69. The highest BCUT2D eigenvalue weighted by atomic mass is 16.5. The van der Waals surface area contributed by atoms with Crippen LogP contribution in [0.4, 0.5) is 0 Å². The number of nitrogens with zero attached hydrogens (tertiary/aromatic N) is 1. The Morgan fingerprint density at radius 2 is 2.07 bits per heavy atom. The summed E-state index contributed by atoms with van der Waals surface area (Å²) in [6.45, 7) is 8.50. The van der Waals surface area contributed by atoms with E-state index < -0.39 is 0 Å². The predicted octanol–water partition coefficient (Wildman–Crippen LogP) is 3.62. The lowest BCUT2D eigenvalue weighted by atomic mass is 9.42. The molecule has 5 aliphatic rings. The van der Waals surface area contributed by atoms with Gasteiger partial charge in [0.1, 0.15) is 0 Å². The summed E-state index contributed by atoms with van der Waals surface area (Å²) < 4.78 is 5.07. The monoisotopic (exact) mass is 375 g/mol. The summed E-state index contributed by atoms with van der Waals surface area (Å²) >= 11 is 0. The molecule has 3 heterocycles. The normalized spacial score (nSPS) is 55.0. The summed E-state index contributed by atoms with van der Waals surface area (Å²) in [6.07, 6.45) is 8.49. The summed E-state index contributed by atoms with van der Waals surface area (Å²) in [6, 6.07) is 0.539. The topological polar surface area (TPSA) is 49.8 Å². The van der Waals surface area contributed by atoms with Gasteiger partial charge in [-0.1, -0.05) is 27.2 Å². The average Bonchev–Trinajstić information content (AvgIpc) is 3.13. The molecule has 0 amide bonds. The highest BCUT2D eigenvalue weighted by molar-refractivity contribution is 5.69. The van der Waals surface area contributed by atoms with E-state index in [1.807, 2.05) is 0 Å². The fourth-order valence-electron chi connectivity index (χ4n) is 9.43. The van der Waals surface area contributed by atoms with Crippen molar-refractivity contribution in [3.63, 3.8) is 0 Å². The number of methoxy groups -OCH3 is 1. The Morgan fingerprint density at radius 1 is 1.30 bits per heavy atom. The fourth-order valence-corrected chi connectivity index (χ4v) is 9.43. The Bertz CT molecular complexity index is 650. The van der Waals surface area contributed by atoms with Crippen LogP contribution in [-0.4, -0.2) is 47.3 Å². The first-order valence-corrected chi connectivity index (χ1v) is 11.3. The molecule has 1 spiro atoms. The predicted molar refractivity (Wildman–Crippen MR) is 104 cm³/mol. The molecule has 9 unspecified atom stereocenters. The number of rotatable bonds is 4. The molecule has 2 aliphatic carbocycles. The second kappa shape index (κ2) is 5.72. The van der Waals surface area contributed by atoms with E-state index in [0.29, 0.717) is 36.1 Å². The van der Waals surface area contributed by atoms with Gasteiger partial charge in [-0.25, -0.2) is 0 Å². The van der Waals surface area contributed by atoms with Crippen LogP contribution in [0.1, 0.15) is 72.1 Å². The zero-order chi connectivity index (χ0) is 19.2. The molecule has 9 atom stereocenters. The maximum absolute atomic E-state index is 12.2. The molecule has 5 bridgehead atoms. The minimum absolute atomic E-state index is 0.00741. The van der Waals surface area contributed by atoms with Crippen LogP contribution in [-0.2, 0) is 9.53 Å². The van der Waals surface area contributed by atoms with Gasteiger partial charge >= 0.3 is 5.97 Å². The van der Waals surface area contributed by atoms with Crippen molar-refractivity contribution in [1.82, 2.24) is 4.90 Å². The van der Waals surface area contributed by atoms with Gasteiger partial charge in [0.15, 0.2) is 0 Å². The Kier molecular flexibility index (Phi) is 3.90. The number of ether oxygens (including phenoxy) is 1. The zero-order valence-corrected chi connectivity index (χ0v) is 17.5. The van der Waals surface area contributed by atoms with Gasteiger partial charge in [-0.3, -0.25) is 9.69 Å². The van der Waals surface area contributed by atoms with Gasteiger partial charge in [-0.15, -0.1) is 0 Å². The van der Waals surface area contributed by atoms with Crippen molar-refractivity contribution in [2.24, 2.45) is 34.5 Å². The summed E-state index contributed by atoms with van der Waals surface area (Å²) in [5.74, 6) is 2.41. The summed E-state index contributed by atoms with van der Waals surface area (Å²) in [4.78, 5) is 15.0. The van der Waals surface area contributed by atoms with Crippen LogP contribution in [0.25, 0.3) is 0 Å². The average molecular weight is 376 g/mol. The number of hydrogen-bond acceptors (Lipinski definition) is 4. The highest BCUT2D eigenvalue weighted by Gasteiger charge is 2.81. The van der Waals surface area contributed by atoms with Crippen LogP contribution in [0.5, 0.6) is 0 Å². The standard InChI is InChI=1S/C23H37NO3/c1-14(2)16-7-10-21(3)15-12-18(25)23-9-5-6-17(23)22(21,11-8-19(26)27-4)20(16)24(23)13-15/h14-18,20,25H,5-13H2,1-4H3. The minimum atomic E-state index is -0.181. The number of hydrogen-bond donors (Lipinski definition) is 1. The van der Waals surface area contributed by atoms with Gasteiger partial charge in [0.25, 0.3) is 0 Å². The number of aliphatic hydroxyl groups excluding tert-OH is 1. The molecule has 1 N–H and O–H groups in total. The Hall–Kier alpha value is -0.610. The summed E-state index contributed by atoms with van der Waals surface area (Å²) in [7, 11) is 1.52. The molecule has 152 valence electrons. The number of esters is 1. The molecule has 0 aromatic carbocycles. The molecular weight excluding hydrogens is 338 g/mol. The highest BCUT2D eigenvalue weighted by Crippen LogP contribution is 2.79. The largest absolute Gasteiger partial charge is 0.469 e. The maximum Gasteiger partial charge on any atom is 0.305 e. The van der Waals surface area contributed by atoms with Crippen LogP contribution < -0.4 is 0 Å². The fraction of sp³-hybridized carbons (Fsp3) is 0.957. The third kappa shape index (κ3) is 1.91. The van der Waals surface area contributed by atoms with E-state index in [4.69, 9.17) is 4.74 Å². The van der Waals surface area contributed by atoms with Crippen LogP contribution >= 0.6 is 0 Å². The van der Waals surface area contributed by atoms with Crippen LogP contribution in [0, 0.1) is 34.5 Å². The van der Waals surface area contributed by atoms with Crippen molar-refractivity contribution in [3.05, 3.63) is 0 Å². The third-order valence-corrected chi connectivity index (χ3v) is 10.4. The third-order valence-electron chi connectivity index (χ3n) is 10.4. The molecule has 5 rings (SSSR count). The molecule has 0 radical (unpaired) electrons. The molecular formula is C23H37NO3. The number of fused-ring (bicyclic) bond motifs is 2. The lowest BCUT2D eigenvalue weighted by Gasteiger charge is -2.67. The van der Waals surface area contributed by atoms with Gasteiger partial charge in [0.2, 0.25) is 0 Å². The van der Waals surface area contributed by atoms with Crippen LogP contribution in [0.3, 0.4) is 0 Å². The first kappa shape index (κ1) is 18.4. The van der Waals surface area contributed by atoms with Gasteiger partial charge in [0.05, 0.1) is 18.8 Å². The quantitative estimate of drug-likeness (QED) is 0.763. The number of aliphatic hydroxyl groups is 1. The van der Waals surface area contributed by atoms with Crippen molar-refractivity contribution in [3.8, 4) is 0 Å². The van der Waals surface area contributed by atoms with E-state index in [9.17, 15) is 9.90 Å². The molecule has 4 nitrogen and oxygen atoms in total. The van der Waals surface area contributed by atoms with Crippen molar-refractivity contribution >= 4 is 5.97 Å². The molecule has 0 aromatic rings. The first-order valence-electron chi connectivity index (χ1n) is 11.3. The van der Waals surface area contributed by atoms with Crippen molar-refractivity contribution in [1.29, 1.82) is 0 Å². The second-order valence-corrected chi connectivity index (χ2v) is 11.0. The van der Waals surface area contributed by atoms with Crippen molar-refractivity contribution in [2.75, 3.05) is 13.7 Å². The van der Waals surface area contributed by atoms with E-state index in [2.05, 4.69) is 25.7 Å². The van der Waals surface area contributed by atoms with E-state index >= 15 is 0 Å². The maximum atomic E-state index is 12.2. The van der Waals surface area contributed by atoms with Crippen molar-refractivity contribution in [2.45, 2.75) is 89.8 Å². The molecule has 27 heavy (non-hydrogen) atoms. The van der Waals surface area contributed by atoms with Gasteiger partial charge in [-0.05, 0) is 73.0 Å². The Labute approximate surface area is 164 Å².